The number of alkyl halides is 3. The van der Waals surface area contributed by atoms with Crippen LogP contribution >= 0.6 is 0 Å². The predicted molar refractivity (Wildman–Crippen MR) is 43.2 cm³/mol. The standard InChI is InChI=1S/C9H15F3O/c1-6(2)7(13)8(4-3-5-8)9(10,11)12/h6-7,13H,3-5H2,1-2H3. The zero-order valence-corrected chi connectivity index (χ0v) is 7.86. The van der Waals surface area contributed by atoms with Gasteiger partial charge in [0.15, 0.2) is 0 Å². The van der Waals surface area contributed by atoms with E-state index in [1.54, 1.807) is 13.8 Å². The van der Waals surface area contributed by atoms with Crippen LogP contribution in [0.3, 0.4) is 0 Å². The van der Waals surface area contributed by atoms with Crippen LogP contribution in [0.2, 0.25) is 0 Å². The summed E-state index contributed by atoms with van der Waals surface area (Å²) < 4.78 is 37.8. The van der Waals surface area contributed by atoms with Crippen LogP contribution in [0.15, 0.2) is 0 Å². The van der Waals surface area contributed by atoms with Gasteiger partial charge >= 0.3 is 6.18 Å². The molecule has 0 spiro atoms. The van der Waals surface area contributed by atoms with Crippen molar-refractivity contribution in [1.29, 1.82) is 0 Å². The Kier molecular flexibility index (Phi) is 2.63. The molecule has 13 heavy (non-hydrogen) atoms. The molecule has 0 aromatic rings. The maximum absolute atomic E-state index is 12.6. The van der Waals surface area contributed by atoms with Crippen LogP contribution in [0.5, 0.6) is 0 Å². The van der Waals surface area contributed by atoms with Gasteiger partial charge in [-0.1, -0.05) is 20.3 Å². The lowest BCUT2D eigenvalue weighted by Crippen LogP contribution is -2.54. The van der Waals surface area contributed by atoms with Crippen molar-refractivity contribution >= 4 is 0 Å². The van der Waals surface area contributed by atoms with Gasteiger partial charge in [0, 0.05) is 0 Å². The zero-order valence-electron chi connectivity index (χ0n) is 7.86. The minimum Gasteiger partial charge on any atom is -0.392 e. The third-order valence-electron chi connectivity index (χ3n) is 3.01. The van der Waals surface area contributed by atoms with Crippen molar-refractivity contribution < 1.29 is 18.3 Å². The summed E-state index contributed by atoms with van der Waals surface area (Å²) in [6.45, 7) is 3.24. The molecule has 0 aromatic heterocycles. The molecule has 0 amide bonds. The fourth-order valence-corrected chi connectivity index (χ4v) is 1.94. The molecule has 0 heterocycles. The van der Waals surface area contributed by atoms with Crippen LogP contribution < -0.4 is 0 Å². The van der Waals surface area contributed by atoms with E-state index >= 15 is 0 Å². The maximum Gasteiger partial charge on any atom is 0.396 e. The topological polar surface area (TPSA) is 20.2 Å². The van der Waals surface area contributed by atoms with Gasteiger partial charge < -0.3 is 5.11 Å². The van der Waals surface area contributed by atoms with Crippen molar-refractivity contribution in [2.24, 2.45) is 11.3 Å². The minimum atomic E-state index is -4.26. The zero-order chi connectivity index (χ0) is 10.3. The van der Waals surface area contributed by atoms with Gasteiger partial charge in [-0.3, -0.25) is 0 Å². The van der Waals surface area contributed by atoms with Crippen molar-refractivity contribution in [3.8, 4) is 0 Å². The number of aliphatic hydroxyl groups excluding tert-OH is 1. The summed E-state index contributed by atoms with van der Waals surface area (Å²) in [5.74, 6) is -0.332. The fourth-order valence-electron chi connectivity index (χ4n) is 1.94. The van der Waals surface area contributed by atoms with E-state index in [0.717, 1.165) is 0 Å². The monoisotopic (exact) mass is 196 g/mol. The second-order valence-electron chi connectivity index (χ2n) is 4.20. The number of hydrogen-bond acceptors (Lipinski definition) is 1. The summed E-state index contributed by atoms with van der Waals surface area (Å²) in [5.41, 5.74) is -1.80. The van der Waals surface area contributed by atoms with E-state index in [0.29, 0.717) is 6.42 Å². The van der Waals surface area contributed by atoms with Gasteiger partial charge in [-0.15, -0.1) is 0 Å². The molecule has 1 rings (SSSR count). The second kappa shape index (κ2) is 3.15. The van der Waals surface area contributed by atoms with Gasteiger partial charge in [0.2, 0.25) is 0 Å². The Morgan fingerprint density at radius 2 is 1.69 bits per heavy atom. The van der Waals surface area contributed by atoms with E-state index in [2.05, 4.69) is 0 Å². The Labute approximate surface area is 75.9 Å². The van der Waals surface area contributed by atoms with Crippen molar-refractivity contribution in [3.63, 3.8) is 0 Å². The number of aliphatic hydroxyl groups is 1. The lowest BCUT2D eigenvalue weighted by molar-refractivity contribution is -0.288. The molecule has 1 atom stereocenters. The van der Waals surface area contributed by atoms with Gasteiger partial charge in [-0.2, -0.15) is 13.2 Å². The third-order valence-corrected chi connectivity index (χ3v) is 3.01. The van der Waals surface area contributed by atoms with Crippen molar-refractivity contribution in [3.05, 3.63) is 0 Å². The molecule has 1 fully saturated rings. The molecule has 1 aliphatic rings. The minimum absolute atomic E-state index is 0.0792. The molecular formula is C9H15F3O. The summed E-state index contributed by atoms with van der Waals surface area (Å²) in [6.07, 6.45) is -4.77. The summed E-state index contributed by atoms with van der Waals surface area (Å²) in [6, 6.07) is 0. The van der Waals surface area contributed by atoms with Gasteiger partial charge in [-0.25, -0.2) is 0 Å². The number of halogens is 3. The molecule has 1 N–H and O–H groups in total. The van der Waals surface area contributed by atoms with Crippen LogP contribution in [0.4, 0.5) is 13.2 Å². The molecule has 0 aliphatic heterocycles. The first-order chi connectivity index (χ1) is 5.81. The SMILES string of the molecule is CC(C)C(O)C1(C(F)(F)F)CCC1. The maximum atomic E-state index is 12.6. The Morgan fingerprint density at radius 3 is 1.77 bits per heavy atom. The average Bonchev–Trinajstić information content (AvgIpc) is 1.80. The Balaban J connectivity index is 2.82. The van der Waals surface area contributed by atoms with Crippen molar-refractivity contribution in [2.75, 3.05) is 0 Å². The van der Waals surface area contributed by atoms with Gasteiger partial charge in [0.1, 0.15) is 0 Å². The highest BCUT2D eigenvalue weighted by Crippen LogP contribution is 2.56. The molecule has 0 radical (unpaired) electrons. The van der Waals surface area contributed by atoms with Crippen molar-refractivity contribution in [1.82, 2.24) is 0 Å². The third kappa shape index (κ3) is 1.56. The van der Waals surface area contributed by atoms with Gasteiger partial charge in [0.05, 0.1) is 11.5 Å². The van der Waals surface area contributed by atoms with E-state index in [-0.39, 0.29) is 18.8 Å². The lowest BCUT2D eigenvalue weighted by atomic mass is 9.62. The van der Waals surface area contributed by atoms with E-state index in [1.807, 2.05) is 0 Å². The van der Waals surface area contributed by atoms with Crippen LogP contribution in [-0.2, 0) is 0 Å². The van der Waals surface area contributed by atoms with E-state index in [1.165, 1.54) is 0 Å². The Morgan fingerprint density at radius 1 is 1.23 bits per heavy atom. The first-order valence-electron chi connectivity index (χ1n) is 4.56. The number of rotatable bonds is 2. The highest BCUT2D eigenvalue weighted by Gasteiger charge is 2.62. The lowest BCUT2D eigenvalue weighted by Gasteiger charge is -2.47. The van der Waals surface area contributed by atoms with E-state index in [9.17, 15) is 18.3 Å². The predicted octanol–water partition coefficient (Wildman–Crippen LogP) is 2.74. The van der Waals surface area contributed by atoms with Crippen LogP contribution in [0, 0.1) is 11.3 Å². The van der Waals surface area contributed by atoms with E-state index < -0.39 is 17.7 Å². The molecular weight excluding hydrogens is 181 g/mol. The van der Waals surface area contributed by atoms with Crippen molar-refractivity contribution in [2.45, 2.75) is 45.4 Å². The van der Waals surface area contributed by atoms with Crippen LogP contribution in [0.25, 0.3) is 0 Å². The average molecular weight is 196 g/mol. The molecule has 1 unspecified atom stereocenters. The molecule has 1 saturated carbocycles. The van der Waals surface area contributed by atoms with Crippen LogP contribution in [0.1, 0.15) is 33.1 Å². The quantitative estimate of drug-likeness (QED) is 0.720. The van der Waals surface area contributed by atoms with Crippen LogP contribution in [-0.4, -0.2) is 17.4 Å². The summed E-state index contributed by atoms with van der Waals surface area (Å²) in [7, 11) is 0. The normalized spacial score (nSPS) is 24.2. The van der Waals surface area contributed by atoms with Gasteiger partial charge in [-0.05, 0) is 18.8 Å². The molecule has 4 heteroatoms. The largest absolute Gasteiger partial charge is 0.396 e. The molecule has 0 saturated heterocycles. The highest BCUT2D eigenvalue weighted by atomic mass is 19.4. The fraction of sp³-hybridized carbons (Fsp3) is 1.00. The molecule has 1 aliphatic carbocycles. The highest BCUT2D eigenvalue weighted by molar-refractivity contribution is 4.99. The Bertz CT molecular complexity index is 182. The second-order valence-corrected chi connectivity index (χ2v) is 4.20. The smallest absolute Gasteiger partial charge is 0.392 e. The first kappa shape index (κ1) is 10.8. The van der Waals surface area contributed by atoms with Gasteiger partial charge in [0.25, 0.3) is 0 Å². The molecule has 0 bridgehead atoms. The number of hydrogen-bond donors (Lipinski definition) is 1. The van der Waals surface area contributed by atoms with E-state index in [4.69, 9.17) is 0 Å². The first-order valence-corrected chi connectivity index (χ1v) is 4.56. The molecule has 1 nitrogen and oxygen atoms in total. The molecule has 0 aromatic carbocycles. The summed E-state index contributed by atoms with van der Waals surface area (Å²) in [5, 5.41) is 9.51. The Hall–Kier alpha value is -0.250. The summed E-state index contributed by atoms with van der Waals surface area (Å²) >= 11 is 0. The molecule has 78 valence electrons. The summed E-state index contributed by atoms with van der Waals surface area (Å²) in [4.78, 5) is 0.